The molecule has 9 nitrogen and oxygen atoms in total. The fourth-order valence-electron chi connectivity index (χ4n) is 4.88. The van der Waals surface area contributed by atoms with Gasteiger partial charge in [-0.1, -0.05) is 11.6 Å². The molecule has 2 aromatic rings. The molecule has 4 heterocycles. The van der Waals surface area contributed by atoms with Crippen LogP contribution in [0.5, 0.6) is 0 Å². The van der Waals surface area contributed by atoms with Crippen molar-refractivity contribution in [2.45, 2.75) is 12.8 Å². The molecule has 172 valence electrons. The summed E-state index contributed by atoms with van der Waals surface area (Å²) in [6.07, 6.45) is 2.78. The molecule has 0 saturated carbocycles. The molecule has 0 spiro atoms. The quantitative estimate of drug-likeness (QED) is 0.636. The first-order chi connectivity index (χ1) is 15.7. The van der Waals surface area contributed by atoms with Crippen molar-refractivity contribution in [2.75, 3.05) is 37.6 Å². The van der Waals surface area contributed by atoms with Crippen molar-refractivity contribution in [3.63, 3.8) is 0 Å². The van der Waals surface area contributed by atoms with E-state index >= 15 is 0 Å². The summed E-state index contributed by atoms with van der Waals surface area (Å²) in [5.74, 6) is -0.355. The average molecular weight is 470 g/mol. The molecule has 0 atom stereocenters. The maximum Gasteiger partial charge on any atom is 0.328 e. The number of imidazole rings is 1. The van der Waals surface area contributed by atoms with Gasteiger partial charge in [0.1, 0.15) is 5.69 Å². The summed E-state index contributed by atoms with van der Waals surface area (Å²) in [5, 5.41) is 0.479. The molecule has 1 aromatic heterocycles. The van der Waals surface area contributed by atoms with Crippen LogP contribution in [-0.4, -0.2) is 69.4 Å². The van der Waals surface area contributed by atoms with Gasteiger partial charge >= 0.3 is 5.69 Å². The van der Waals surface area contributed by atoms with Crippen LogP contribution < -0.4 is 10.6 Å². The highest BCUT2D eigenvalue weighted by Crippen LogP contribution is 2.32. The number of rotatable bonds is 3. The van der Waals surface area contributed by atoms with E-state index in [0.29, 0.717) is 61.1 Å². The largest absolute Gasteiger partial charge is 0.330 e. The summed E-state index contributed by atoms with van der Waals surface area (Å²) < 4.78 is 2.74. The number of hydrogen-bond donors (Lipinski definition) is 0. The third-order valence-corrected chi connectivity index (χ3v) is 6.88. The summed E-state index contributed by atoms with van der Waals surface area (Å²) in [6.45, 7) is 2.30. The third-order valence-electron chi connectivity index (χ3n) is 6.64. The van der Waals surface area contributed by atoms with E-state index in [1.807, 2.05) is 0 Å². The van der Waals surface area contributed by atoms with E-state index in [4.69, 9.17) is 11.6 Å². The summed E-state index contributed by atoms with van der Waals surface area (Å²) in [5.41, 5.74) is 3.21. The van der Waals surface area contributed by atoms with Gasteiger partial charge in [-0.15, -0.1) is 0 Å². The average Bonchev–Trinajstić information content (AvgIpc) is 3.53. The lowest BCUT2D eigenvalue weighted by Gasteiger charge is -2.25. The van der Waals surface area contributed by atoms with E-state index in [2.05, 4.69) is 0 Å². The first-order valence-electron chi connectivity index (χ1n) is 10.8. The number of amides is 3. The Kier molecular flexibility index (Phi) is 5.16. The molecule has 0 radical (unpaired) electrons. The second-order valence-corrected chi connectivity index (χ2v) is 9.24. The topological polar surface area (TPSA) is 87.9 Å². The Morgan fingerprint density at radius 3 is 2.12 bits per heavy atom. The molecule has 3 aliphatic rings. The van der Waals surface area contributed by atoms with E-state index in [1.54, 1.807) is 53.2 Å². The number of benzene rings is 1. The zero-order valence-corrected chi connectivity index (χ0v) is 19.3. The lowest BCUT2D eigenvalue weighted by molar-refractivity contribution is -0.117. The van der Waals surface area contributed by atoms with Crippen LogP contribution in [0.1, 0.15) is 33.7 Å². The van der Waals surface area contributed by atoms with Crippen LogP contribution in [0.25, 0.3) is 0 Å². The van der Waals surface area contributed by atoms with Crippen LogP contribution in [0.4, 0.5) is 5.69 Å². The number of nitrogens with zero attached hydrogens (tertiary/aromatic N) is 5. The molecule has 0 aliphatic carbocycles. The number of anilines is 1. The Bertz CT molecular complexity index is 1270. The van der Waals surface area contributed by atoms with Gasteiger partial charge in [-0.2, -0.15) is 0 Å². The number of aryl methyl sites for hydroxylation is 1. The number of carbonyl (C=O) groups is 3. The number of hydrogen-bond acceptors (Lipinski definition) is 4. The van der Waals surface area contributed by atoms with Crippen LogP contribution in [0, 0.1) is 0 Å². The van der Waals surface area contributed by atoms with Gasteiger partial charge < -0.3 is 19.3 Å². The van der Waals surface area contributed by atoms with Gasteiger partial charge in [0.05, 0.1) is 11.3 Å². The minimum absolute atomic E-state index is 0.00201. The molecule has 0 bridgehead atoms. The van der Waals surface area contributed by atoms with Crippen LogP contribution in [0.3, 0.4) is 0 Å². The molecular weight excluding hydrogens is 446 g/mol. The summed E-state index contributed by atoms with van der Waals surface area (Å²) in [6, 6.07) is 5.03. The molecule has 10 heteroatoms. The standard InChI is InChI=1S/C23H24ClN5O4/c1-25-13-19(26(2)23(25)33)22(32)28-11-14-9-27(10-15(14)12-28)21(31)17-6-5-16(24)8-18(17)29-7-3-4-20(29)30/h5-6,8,13H,3-4,7,9-12H2,1-2H3. The van der Waals surface area contributed by atoms with E-state index in [0.717, 1.165) is 17.6 Å². The van der Waals surface area contributed by atoms with Gasteiger partial charge in [-0.25, -0.2) is 4.79 Å². The first-order valence-corrected chi connectivity index (χ1v) is 11.2. The van der Waals surface area contributed by atoms with Crippen molar-refractivity contribution in [1.29, 1.82) is 0 Å². The van der Waals surface area contributed by atoms with Crippen molar-refractivity contribution in [1.82, 2.24) is 18.9 Å². The molecule has 3 amide bonds. The van der Waals surface area contributed by atoms with Gasteiger partial charge in [-0.05, 0) is 35.8 Å². The Balaban J connectivity index is 1.30. The molecule has 0 unspecified atom stereocenters. The summed E-state index contributed by atoms with van der Waals surface area (Å²) in [7, 11) is 3.20. The highest BCUT2D eigenvalue weighted by Gasteiger charge is 2.36. The van der Waals surface area contributed by atoms with Crippen molar-refractivity contribution >= 4 is 35.0 Å². The molecule has 33 heavy (non-hydrogen) atoms. The fraction of sp³-hybridized carbons (Fsp3) is 0.391. The summed E-state index contributed by atoms with van der Waals surface area (Å²) in [4.78, 5) is 55.7. The smallest absolute Gasteiger partial charge is 0.328 e. The second-order valence-electron chi connectivity index (χ2n) is 8.81. The van der Waals surface area contributed by atoms with Crippen molar-refractivity contribution in [3.8, 4) is 0 Å². The molecule has 1 aromatic carbocycles. The first kappa shape index (κ1) is 21.5. The molecule has 1 saturated heterocycles. The minimum atomic E-state index is -0.245. The molecule has 5 rings (SSSR count). The van der Waals surface area contributed by atoms with E-state index in [9.17, 15) is 19.2 Å². The predicted molar refractivity (Wildman–Crippen MR) is 123 cm³/mol. The van der Waals surface area contributed by atoms with Crippen molar-refractivity contribution < 1.29 is 14.4 Å². The predicted octanol–water partition coefficient (Wildman–Crippen LogP) is 1.41. The van der Waals surface area contributed by atoms with Crippen LogP contribution >= 0.6 is 11.6 Å². The normalized spacial score (nSPS) is 18.0. The highest BCUT2D eigenvalue weighted by atomic mass is 35.5. The third kappa shape index (κ3) is 3.56. The fourth-order valence-corrected chi connectivity index (χ4v) is 5.04. The zero-order valence-electron chi connectivity index (χ0n) is 18.5. The van der Waals surface area contributed by atoms with Gasteiger partial charge in [0.25, 0.3) is 11.8 Å². The van der Waals surface area contributed by atoms with E-state index in [-0.39, 0.29) is 23.4 Å². The van der Waals surface area contributed by atoms with E-state index in [1.165, 1.54) is 9.13 Å². The van der Waals surface area contributed by atoms with Crippen LogP contribution in [0.2, 0.25) is 5.02 Å². The minimum Gasteiger partial charge on any atom is -0.330 e. The molecule has 3 aliphatic heterocycles. The maximum absolute atomic E-state index is 13.4. The van der Waals surface area contributed by atoms with Crippen LogP contribution in [0.15, 0.2) is 40.3 Å². The lowest BCUT2D eigenvalue weighted by Crippen LogP contribution is -2.38. The van der Waals surface area contributed by atoms with Gasteiger partial charge in [0, 0.05) is 64.5 Å². The maximum atomic E-state index is 13.4. The molecule has 1 fully saturated rings. The second kappa shape index (κ2) is 7.91. The SMILES string of the molecule is Cn1cc(C(=O)N2CC3=C(CN(C(=O)c4ccc(Cl)cc4N4CCCC4=O)C3)C2)n(C)c1=O. The Morgan fingerprint density at radius 2 is 1.58 bits per heavy atom. The van der Waals surface area contributed by atoms with Crippen LogP contribution in [-0.2, 0) is 18.9 Å². The van der Waals surface area contributed by atoms with Gasteiger partial charge in [0.15, 0.2) is 0 Å². The highest BCUT2D eigenvalue weighted by molar-refractivity contribution is 6.31. The lowest BCUT2D eigenvalue weighted by atomic mass is 10.1. The van der Waals surface area contributed by atoms with Gasteiger partial charge in [0.2, 0.25) is 5.91 Å². The Morgan fingerprint density at radius 1 is 0.939 bits per heavy atom. The van der Waals surface area contributed by atoms with Gasteiger partial charge in [-0.3, -0.25) is 19.0 Å². The molecular formula is C23H24ClN5O4. The molecule has 0 N–H and O–H groups in total. The monoisotopic (exact) mass is 469 g/mol. The van der Waals surface area contributed by atoms with Crippen molar-refractivity contribution in [3.05, 3.63) is 62.3 Å². The zero-order chi connectivity index (χ0) is 23.4. The number of aromatic nitrogens is 2. The van der Waals surface area contributed by atoms with Crippen molar-refractivity contribution in [2.24, 2.45) is 14.1 Å². The van der Waals surface area contributed by atoms with E-state index < -0.39 is 0 Å². The number of carbonyl (C=O) groups excluding carboxylic acids is 3. The number of halogens is 1. The Labute approximate surface area is 195 Å². The summed E-state index contributed by atoms with van der Waals surface area (Å²) >= 11 is 6.17. The Hall–Kier alpha value is -3.33.